The van der Waals surface area contributed by atoms with Crippen LogP contribution in [0.5, 0.6) is 0 Å². The minimum Gasteiger partial charge on any atom is -0.389 e. The standard InChI is InChI=1S/C12H9Br2FN2S2/c13-6-3-7(19-5-6)4-17-9-2-1-8(12(16)18)10(14)11(9)15/h1-3,5,17H,4H2,(H2,16,18). The summed E-state index contributed by atoms with van der Waals surface area (Å²) in [4.78, 5) is 1.28. The van der Waals surface area contributed by atoms with Crippen LogP contribution in [-0.2, 0) is 6.54 Å². The second-order valence-electron chi connectivity index (χ2n) is 3.74. The summed E-state index contributed by atoms with van der Waals surface area (Å²) < 4.78 is 15.4. The topological polar surface area (TPSA) is 38.0 Å². The molecule has 2 nitrogen and oxygen atoms in total. The highest BCUT2D eigenvalue weighted by molar-refractivity contribution is 9.10. The molecule has 0 saturated carbocycles. The van der Waals surface area contributed by atoms with E-state index in [0.29, 0.717) is 17.8 Å². The first-order valence-electron chi connectivity index (χ1n) is 5.23. The number of nitrogens with two attached hydrogens (primary N) is 1. The van der Waals surface area contributed by atoms with Gasteiger partial charge in [0.1, 0.15) is 4.99 Å². The molecule has 0 fully saturated rings. The number of rotatable bonds is 4. The van der Waals surface area contributed by atoms with Crippen molar-refractivity contribution in [2.75, 3.05) is 5.32 Å². The predicted molar refractivity (Wildman–Crippen MR) is 89.3 cm³/mol. The van der Waals surface area contributed by atoms with Crippen molar-refractivity contribution < 1.29 is 4.39 Å². The minimum absolute atomic E-state index is 0.166. The highest BCUT2D eigenvalue weighted by Crippen LogP contribution is 2.28. The lowest BCUT2D eigenvalue weighted by molar-refractivity contribution is 0.623. The number of anilines is 1. The van der Waals surface area contributed by atoms with Crippen LogP contribution in [0.1, 0.15) is 10.4 Å². The summed E-state index contributed by atoms with van der Waals surface area (Å²) in [7, 11) is 0. The minimum atomic E-state index is -0.388. The summed E-state index contributed by atoms with van der Waals surface area (Å²) in [6.45, 7) is 0.562. The van der Waals surface area contributed by atoms with Gasteiger partial charge in [0.15, 0.2) is 5.82 Å². The smallest absolute Gasteiger partial charge is 0.161 e. The van der Waals surface area contributed by atoms with E-state index in [1.807, 2.05) is 11.4 Å². The fourth-order valence-electron chi connectivity index (χ4n) is 1.51. The summed E-state index contributed by atoms with van der Waals surface area (Å²) in [6.07, 6.45) is 0. The third kappa shape index (κ3) is 3.53. The molecule has 19 heavy (non-hydrogen) atoms. The van der Waals surface area contributed by atoms with Crippen LogP contribution in [0.4, 0.5) is 10.1 Å². The van der Waals surface area contributed by atoms with Crippen LogP contribution in [0.15, 0.2) is 32.5 Å². The molecule has 2 rings (SSSR count). The Bertz CT molecular complexity index is 628. The van der Waals surface area contributed by atoms with Gasteiger partial charge in [-0.15, -0.1) is 11.3 Å². The largest absolute Gasteiger partial charge is 0.389 e. The fraction of sp³-hybridized carbons (Fsp3) is 0.0833. The summed E-state index contributed by atoms with van der Waals surface area (Å²) >= 11 is 13.0. The maximum atomic E-state index is 14.1. The molecule has 1 heterocycles. The first kappa shape index (κ1) is 14.9. The van der Waals surface area contributed by atoms with Crippen LogP contribution in [-0.4, -0.2) is 4.99 Å². The van der Waals surface area contributed by atoms with Crippen molar-refractivity contribution in [2.24, 2.45) is 5.73 Å². The van der Waals surface area contributed by atoms with Crippen molar-refractivity contribution in [3.05, 3.63) is 48.8 Å². The van der Waals surface area contributed by atoms with Gasteiger partial charge in [0.2, 0.25) is 0 Å². The molecule has 7 heteroatoms. The van der Waals surface area contributed by atoms with Gasteiger partial charge in [-0.1, -0.05) is 12.2 Å². The van der Waals surface area contributed by atoms with Gasteiger partial charge >= 0.3 is 0 Å². The first-order chi connectivity index (χ1) is 8.99. The van der Waals surface area contributed by atoms with E-state index in [0.717, 1.165) is 9.35 Å². The number of hydrogen-bond acceptors (Lipinski definition) is 3. The first-order valence-corrected chi connectivity index (χ1v) is 8.11. The molecule has 0 amide bonds. The molecule has 1 aromatic heterocycles. The van der Waals surface area contributed by atoms with E-state index in [9.17, 15) is 4.39 Å². The summed E-state index contributed by atoms with van der Waals surface area (Å²) in [6, 6.07) is 5.33. The highest BCUT2D eigenvalue weighted by atomic mass is 79.9. The van der Waals surface area contributed by atoms with Crippen molar-refractivity contribution in [1.29, 1.82) is 0 Å². The Labute approximate surface area is 136 Å². The third-order valence-corrected chi connectivity index (χ3v) is 5.12. The van der Waals surface area contributed by atoms with Gasteiger partial charge < -0.3 is 11.1 Å². The van der Waals surface area contributed by atoms with E-state index in [1.54, 1.807) is 23.5 Å². The molecular formula is C12H9Br2FN2S2. The van der Waals surface area contributed by atoms with Crippen LogP contribution in [0.2, 0.25) is 0 Å². The Morgan fingerprint density at radius 3 is 2.74 bits per heavy atom. The van der Waals surface area contributed by atoms with Crippen LogP contribution in [0.25, 0.3) is 0 Å². The monoisotopic (exact) mass is 422 g/mol. The molecule has 0 aliphatic rings. The molecule has 0 atom stereocenters. The maximum absolute atomic E-state index is 14.1. The summed E-state index contributed by atoms with van der Waals surface area (Å²) in [5.74, 6) is -0.388. The summed E-state index contributed by atoms with van der Waals surface area (Å²) in [5.41, 5.74) is 6.42. The van der Waals surface area contributed by atoms with E-state index in [2.05, 4.69) is 37.2 Å². The van der Waals surface area contributed by atoms with Crippen molar-refractivity contribution in [2.45, 2.75) is 6.54 Å². The number of hydrogen-bond donors (Lipinski definition) is 2. The van der Waals surface area contributed by atoms with Gasteiger partial charge in [0.05, 0.1) is 10.2 Å². The average Bonchev–Trinajstić information content (AvgIpc) is 2.76. The lowest BCUT2D eigenvalue weighted by atomic mass is 10.2. The molecule has 0 saturated heterocycles. The van der Waals surface area contributed by atoms with Gasteiger partial charge in [-0.3, -0.25) is 0 Å². The molecule has 3 N–H and O–H groups in total. The zero-order valence-electron chi connectivity index (χ0n) is 9.54. The molecule has 0 radical (unpaired) electrons. The molecule has 2 aromatic rings. The molecule has 100 valence electrons. The average molecular weight is 424 g/mol. The Morgan fingerprint density at radius 1 is 1.42 bits per heavy atom. The van der Waals surface area contributed by atoms with Gasteiger partial charge in [0.25, 0.3) is 0 Å². The van der Waals surface area contributed by atoms with Crippen LogP contribution in [0.3, 0.4) is 0 Å². The Hall–Kier alpha value is -0.500. The molecule has 0 bridgehead atoms. The number of thiophene rings is 1. The lowest BCUT2D eigenvalue weighted by Crippen LogP contribution is -2.11. The molecule has 0 aliphatic carbocycles. The number of thiocarbonyl (C=S) groups is 1. The van der Waals surface area contributed by atoms with Gasteiger partial charge in [-0.2, -0.15) is 0 Å². The number of nitrogens with one attached hydrogen (secondary N) is 1. The Balaban J connectivity index is 2.17. The second kappa shape index (κ2) is 6.30. The van der Waals surface area contributed by atoms with E-state index < -0.39 is 0 Å². The van der Waals surface area contributed by atoms with E-state index in [-0.39, 0.29) is 15.3 Å². The molecule has 0 spiro atoms. The molecule has 1 aromatic carbocycles. The zero-order valence-corrected chi connectivity index (χ0v) is 14.3. The summed E-state index contributed by atoms with van der Waals surface area (Å²) in [5, 5.41) is 5.04. The van der Waals surface area contributed by atoms with Crippen molar-refractivity contribution >= 4 is 66.1 Å². The van der Waals surface area contributed by atoms with E-state index >= 15 is 0 Å². The zero-order chi connectivity index (χ0) is 14.0. The number of halogens is 3. The van der Waals surface area contributed by atoms with Crippen molar-refractivity contribution in [3.63, 3.8) is 0 Å². The van der Waals surface area contributed by atoms with Gasteiger partial charge in [0, 0.05) is 26.8 Å². The van der Waals surface area contributed by atoms with E-state index in [4.69, 9.17) is 18.0 Å². The normalized spacial score (nSPS) is 10.5. The third-order valence-electron chi connectivity index (χ3n) is 2.42. The lowest BCUT2D eigenvalue weighted by Gasteiger charge is -2.10. The van der Waals surface area contributed by atoms with Gasteiger partial charge in [-0.05, 0) is 50.1 Å². The quantitative estimate of drug-likeness (QED) is 0.702. The second-order valence-corrected chi connectivity index (χ2v) is 6.88. The molecule has 0 aliphatic heterocycles. The van der Waals surface area contributed by atoms with Crippen LogP contribution >= 0.6 is 55.4 Å². The van der Waals surface area contributed by atoms with Gasteiger partial charge in [-0.25, -0.2) is 4.39 Å². The SMILES string of the molecule is NC(=S)c1ccc(NCc2cc(Br)cs2)c(F)c1Br. The predicted octanol–water partition coefficient (Wildman–Crippen LogP) is 4.66. The highest BCUT2D eigenvalue weighted by Gasteiger charge is 2.12. The molecular weight excluding hydrogens is 415 g/mol. The molecule has 0 unspecified atom stereocenters. The number of benzene rings is 1. The van der Waals surface area contributed by atoms with Crippen LogP contribution < -0.4 is 11.1 Å². The fourth-order valence-corrected chi connectivity index (χ4v) is 3.76. The Kier molecular flexibility index (Phi) is 4.94. The Morgan fingerprint density at radius 2 is 2.16 bits per heavy atom. The van der Waals surface area contributed by atoms with E-state index in [1.165, 1.54) is 0 Å². The maximum Gasteiger partial charge on any atom is 0.161 e. The van der Waals surface area contributed by atoms with Crippen molar-refractivity contribution in [1.82, 2.24) is 0 Å². The van der Waals surface area contributed by atoms with Crippen molar-refractivity contribution in [3.8, 4) is 0 Å². The van der Waals surface area contributed by atoms with Crippen LogP contribution in [0, 0.1) is 5.82 Å².